The number of hydrogen-bond acceptors (Lipinski definition) is 2. The first-order valence-corrected chi connectivity index (χ1v) is 10.9. The second kappa shape index (κ2) is 7.94. The van der Waals surface area contributed by atoms with Crippen molar-refractivity contribution in [2.45, 2.75) is 57.4 Å². The van der Waals surface area contributed by atoms with Gasteiger partial charge in [-0.25, -0.2) is 13.2 Å². The smallest absolute Gasteiger partial charge is 0.273 e. The first kappa shape index (κ1) is 22.4. The maximum atomic E-state index is 14.2. The van der Waals surface area contributed by atoms with Gasteiger partial charge in [0.1, 0.15) is 5.82 Å². The molecular weight excluding hydrogens is 417 g/mol. The zero-order chi connectivity index (χ0) is 23.1. The van der Waals surface area contributed by atoms with E-state index in [0.29, 0.717) is 30.5 Å². The van der Waals surface area contributed by atoms with E-state index >= 15 is 0 Å². The topological polar surface area (TPSA) is 58.2 Å². The molecule has 3 fully saturated rings. The number of hydrogen-bond donors (Lipinski definition) is 2. The number of nitrogens with one attached hydrogen (secondary N) is 2. The summed E-state index contributed by atoms with van der Waals surface area (Å²) in [6, 6.07) is 11.8. The molecule has 0 aromatic heterocycles. The van der Waals surface area contributed by atoms with Gasteiger partial charge in [0, 0.05) is 29.1 Å². The average Bonchev–Trinajstić information content (AvgIpc) is 2.71. The summed E-state index contributed by atoms with van der Waals surface area (Å²) in [7, 11) is 0. The van der Waals surface area contributed by atoms with Gasteiger partial charge >= 0.3 is 0 Å². The lowest BCUT2D eigenvalue weighted by Crippen LogP contribution is -2.77. The Morgan fingerprint density at radius 3 is 2.31 bits per heavy atom. The fraction of sp³-hybridized carbons (Fsp3) is 0.440. The maximum absolute atomic E-state index is 14.2. The van der Waals surface area contributed by atoms with Crippen molar-refractivity contribution in [1.29, 1.82) is 0 Å². The van der Waals surface area contributed by atoms with Crippen molar-refractivity contribution in [2.75, 3.05) is 5.32 Å². The molecule has 3 aliphatic rings. The van der Waals surface area contributed by atoms with Gasteiger partial charge in [0.05, 0.1) is 6.42 Å². The number of carbonyl (C=O) groups excluding carboxylic acids is 2. The highest BCUT2D eigenvalue weighted by atomic mass is 19.3. The fourth-order valence-corrected chi connectivity index (χ4v) is 5.25. The molecule has 0 radical (unpaired) electrons. The summed E-state index contributed by atoms with van der Waals surface area (Å²) in [5.74, 6) is -4.00. The van der Waals surface area contributed by atoms with Crippen molar-refractivity contribution < 1.29 is 22.8 Å². The number of amides is 2. The van der Waals surface area contributed by atoms with Gasteiger partial charge in [-0.3, -0.25) is 9.59 Å². The molecule has 32 heavy (non-hydrogen) atoms. The molecule has 7 heteroatoms. The molecule has 3 saturated carbocycles. The third kappa shape index (κ3) is 4.00. The highest BCUT2D eigenvalue weighted by Gasteiger charge is 2.71. The van der Waals surface area contributed by atoms with Crippen LogP contribution in [0.1, 0.15) is 50.7 Å². The third-order valence-electron chi connectivity index (χ3n) is 7.11. The van der Waals surface area contributed by atoms with E-state index in [2.05, 4.69) is 10.6 Å². The minimum Gasteiger partial charge on any atom is -0.350 e. The van der Waals surface area contributed by atoms with Crippen LogP contribution in [0.3, 0.4) is 0 Å². The van der Waals surface area contributed by atoms with Gasteiger partial charge in [-0.2, -0.15) is 0 Å². The molecule has 0 aliphatic heterocycles. The summed E-state index contributed by atoms with van der Waals surface area (Å²) in [6.07, 6.45) is 1.65. The number of carbonyl (C=O) groups is 2. The van der Waals surface area contributed by atoms with E-state index in [-0.39, 0.29) is 52.9 Å². The Labute approximate surface area is 185 Å². The van der Waals surface area contributed by atoms with Crippen LogP contribution in [0.15, 0.2) is 48.5 Å². The lowest BCUT2D eigenvalue weighted by atomic mass is 9.36. The first-order chi connectivity index (χ1) is 15.1. The molecule has 0 saturated heterocycles. The Kier molecular flexibility index (Phi) is 5.55. The van der Waals surface area contributed by atoms with Gasteiger partial charge in [0.2, 0.25) is 11.8 Å². The van der Waals surface area contributed by atoms with E-state index < -0.39 is 5.92 Å². The zero-order valence-electron chi connectivity index (χ0n) is 18.2. The van der Waals surface area contributed by atoms with Crippen molar-refractivity contribution >= 4 is 17.5 Å². The number of benzene rings is 2. The van der Waals surface area contributed by atoms with Crippen LogP contribution < -0.4 is 10.6 Å². The molecule has 2 aromatic rings. The molecule has 4 nitrogen and oxygen atoms in total. The van der Waals surface area contributed by atoms with E-state index in [0.717, 1.165) is 0 Å². The molecule has 2 aromatic carbocycles. The van der Waals surface area contributed by atoms with Gasteiger partial charge in [-0.15, -0.1) is 0 Å². The molecule has 5 rings (SSSR count). The van der Waals surface area contributed by atoms with Crippen molar-refractivity contribution in [3.63, 3.8) is 0 Å². The molecule has 0 spiro atoms. The van der Waals surface area contributed by atoms with Crippen molar-refractivity contribution in [3.05, 3.63) is 65.5 Å². The van der Waals surface area contributed by atoms with E-state index in [1.54, 1.807) is 18.2 Å². The second-order valence-corrected chi connectivity index (χ2v) is 9.33. The molecule has 2 bridgehead atoms. The van der Waals surface area contributed by atoms with Crippen LogP contribution in [0.4, 0.5) is 18.9 Å². The van der Waals surface area contributed by atoms with Crippen LogP contribution in [-0.4, -0.2) is 17.4 Å². The van der Waals surface area contributed by atoms with Crippen LogP contribution >= 0.6 is 0 Å². The largest absolute Gasteiger partial charge is 0.350 e. The summed E-state index contributed by atoms with van der Waals surface area (Å²) in [4.78, 5) is 25.2. The van der Waals surface area contributed by atoms with Gasteiger partial charge in [-0.1, -0.05) is 38.1 Å². The van der Waals surface area contributed by atoms with Crippen LogP contribution in [0, 0.1) is 17.2 Å². The van der Waals surface area contributed by atoms with Crippen LogP contribution in [0.2, 0.25) is 0 Å². The normalized spacial score (nSPS) is 24.7. The first-order valence-electron chi connectivity index (χ1n) is 10.9. The average molecular weight is 444 g/mol. The Bertz CT molecular complexity index is 1020. The summed E-state index contributed by atoms with van der Waals surface area (Å²) in [6.45, 7) is 3.29. The summed E-state index contributed by atoms with van der Waals surface area (Å²) in [5.41, 5.74) is 0.275. The molecule has 3 aliphatic carbocycles. The predicted molar refractivity (Wildman–Crippen MR) is 116 cm³/mol. The number of rotatable bonds is 8. The molecule has 1 atom stereocenters. The Morgan fingerprint density at radius 2 is 1.69 bits per heavy atom. The molecular formula is C25H27F3N2O2. The lowest BCUT2D eigenvalue weighted by Gasteiger charge is -2.72. The number of halogens is 3. The molecule has 2 amide bonds. The Balaban J connectivity index is 1.32. The summed E-state index contributed by atoms with van der Waals surface area (Å²) in [5, 5.41) is 5.84. The Hall–Kier alpha value is -2.83. The molecule has 0 heterocycles. The standard InChI is InChI=1S/C25H27F3N2O2/c1-3-25(27,28)20-7-5-4-6-17(20)12-21(31)30-24-13-23(14-24,15-24)16(2)22(32)29-19-10-8-18(26)9-11-19/h4-11,16H,3,12-15H2,1-2H3,(H,29,32)(H,30,31). The second-order valence-electron chi connectivity index (χ2n) is 9.33. The quantitative estimate of drug-likeness (QED) is 0.589. The maximum Gasteiger partial charge on any atom is 0.273 e. The van der Waals surface area contributed by atoms with Gasteiger partial charge < -0.3 is 10.6 Å². The van der Waals surface area contributed by atoms with Crippen LogP contribution in [-0.2, 0) is 21.9 Å². The molecule has 2 N–H and O–H groups in total. The summed E-state index contributed by atoms with van der Waals surface area (Å²) >= 11 is 0. The van der Waals surface area contributed by atoms with Gasteiger partial charge in [-0.05, 0) is 54.5 Å². The van der Waals surface area contributed by atoms with Crippen LogP contribution in [0.25, 0.3) is 0 Å². The summed E-state index contributed by atoms with van der Waals surface area (Å²) < 4.78 is 41.5. The third-order valence-corrected chi connectivity index (χ3v) is 7.11. The highest BCUT2D eigenvalue weighted by molar-refractivity contribution is 5.93. The molecule has 1 unspecified atom stereocenters. The van der Waals surface area contributed by atoms with E-state index in [1.807, 2.05) is 6.92 Å². The lowest BCUT2D eigenvalue weighted by molar-refractivity contribution is -0.191. The van der Waals surface area contributed by atoms with Gasteiger partial charge in [0.25, 0.3) is 5.92 Å². The zero-order valence-corrected chi connectivity index (χ0v) is 18.2. The fourth-order valence-electron chi connectivity index (χ4n) is 5.25. The number of alkyl halides is 2. The molecule has 170 valence electrons. The van der Waals surface area contributed by atoms with Crippen molar-refractivity contribution in [2.24, 2.45) is 11.3 Å². The van der Waals surface area contributed by atoms with Gasteiger partial charge in [0.15, 0.2) is 0 Å². The van der Waals surface area contributed by atoms with Crippen LogP contribution in [0.5, 0.6) is 0 Å². The van der Waals surface area contributed by atoms with Crippen molar-refractivity contribution in [1.82, 2.24) is 5.32 Å². The van der Waals surface area contributed by atoms with E-state index in [9.17, 15) is 22.8 Å². The predicted octanol–water partition coefficient (Wildman–Crippen LogP) is 5.18. The highest BCUT2D eigenvalue weighted by Crippen LogP contribution is 2.70. The minimum atomic E-state index is -2.97. The SMILES string of the molecule is CCC(F)(F)c1ccccc1CC(=O)NC12CC(C(C)C(=O)Nc3ccc(F)cc3)(C1)C2. The van der Waals surface area contributed by atoms with Crippen molar-refractivity contribution in [3.8, 4) is 0 Å². The van der Waals surface area contributed by atoms with E-state index in [4.69, 9.17) is 0 Å². The minimum absolute atomic E-state index is 0.0961. The number of anilines is 1. The Morgan fingerprint density at radius 1 is 1.06 bits per heavy atom. The monoisotopic (exact) mass is 444 g/mol. The van der Waals surface area contributed by atoms with E-state index in [1.165, 1.54) is 37.3 Å².